The zero-order chi connectivity index (χ0) is 12.0. The molecule has 0 fully saturated rings. The van der Waals surface area contributed by atoms with Crippen LogP contribution >= 0.6 is 11.8 Å². The van der Waals surface area contributed by atoms with Gasteiger partial charge in [-0.3, -0.25) is 0 Å². The third-order valence-corrected chi connectivity index (χ3v) is 3.60. The molecule has 0 atom stereocenters. The predicted molar refractivity (Wildman–Crippen MR) is 73.7 cm³/mol. The van der Waals surface area contributed by atoms with Crippen LogP contribution in [0.2, 0.25) is 0 Å². The minimum absolute atomic E-state index is 0.410. The lowest BCUT2D eigenvalue weighted by atomic mass is 10.1. The van der Waals surface area contributed by atoms with Crippen LogP contribution in [0, 0.1) is 13.8 Å². The number of rotatable bonds is 6. The van der Waals surface area contributed by atoms with Crippen molar-refractivity contribution in [2.45, 2.75) is 27.2 Å². The number of anilines is 1. The van der Waals surface area contributed by atoms with Crippen LogP contribution in [0.5, 0.6) is 5.75 Å². The van der Waals surface area contributed by atoms with Crippen molar-refractivity contribution in [2.75, 3.05) is 23.4 Å². The van der Waals surface area contributed by atoms with Crippen LogP contribution in [-0.4, -0.2) is 23.2 Å². The summed E-state index contributed by atoms with van der Waals surface area (Å²) in [7, 11) is 0. The maximum Gasteiger partial charge on any atom is 0.123 e. The number of aromatic hydroxyl groups is 1. The lowest BCUT2D eigenvalue weighted by Gasteiger charge is -2.12. The molecule has 0 saturated heterocycles. The SMILES string of the molecule is CCSCCCNc1ccc(C)c(O)c1C. The van der Waals surface area contributed by atoms with Crippen molar-refractivity contribution in [3.05, 3.63) is 23.3 Å². The van der Waals surface area contributed by atoms with Crippen molar-refractivity contribution < 1.29 is 5.11 Å². The minimum Gasteiger partial charge on any atom is -0.507 e. The number of nitrogens with one attached hydrogen (secondary N) is 1. The van der Waals surface area contributed by atoms with E-state index in [2.05, 4.69) is 12.2 Å². The Hall–Kier alpha value is -0.830. The number of phenols is 1. The van der Waals surface area contributed by atoms with E-state index in [1.807, 2.05) is 37.7 Å². The summed E-state index contributed by atoms with van der Waals surface area (Å²) in [4.78, 5) is 0. The fourth-order valence-corrected chi connectivity index (χ4v) is 2.21. The molecule has 90 valence electrons. The number of benzene rings is 1. The summed E-state index contributed by atoms with van der Waals surface area (Å²) >= 11 is 1.96. The molecule has 1 rings (SSSR count). The molecule has 1 aromatic rings. The Kier molecular flexibility index (Phi) is 5.53. The highest BCUT2D eigenvalue weighted by atomic mass is 32.2. The second kappa shape index (κ2) is 6.69. The number of phenolic OH excluding ortho intramolecular Hbond substituents is 1. The molecule has 0 aromatic heterocycles. The van der Waals surface area contributed by atoms with Crippen LogP contribution in [0.25, 0.3) is 0 Å². The Morgan fingerprint density at radius 1 is 1.31 bits per heavy atom. The molecule has 0 aliphatic heterocycles. The number of hydrogen-bond acceptors (Lipinski definition) is 3. The molecule has 0 spiro atoms. The van der Waals surface area contributed by atoms with E-state index >= 15 is 0 Å². The van der Waals surface area contributed by atoms with Gasteiger partial charge in [0.05, 0.1) is 0 Å². The molecular weight excluding hydrogens is 218 g/mol. The Morgan fingerprint density at radius 3 is 2.75 bits per heavy atom. The molecule has 0 amide bonds. The number of hydrogen-bond donors (Lipinski definition) is 2. The van der Waals surface area contributed by atoms with Gasteiger partial charge in [-0.05, 0) is 43.4 Å². The summed E-state index contributed by atoms with van der Waals surface area (Å²) in [6, 6.07) is 3.99. The van der Waals surface area contributed by atoms with E-state index < -0.39 is 0 Å². The predicted octanol–water partition coefficient (Wildman–Crippen LogP) is 3.56. The molecule has 0 aliphatic rings. The summed E-state index contributed by atoms with van der Waals surface area (Å²) in [6.45, 7) is 7.02. The van der Waals surface area contributed by atoms with E-state index in [9.17, 15) is 5.11 Å². The zero-order valence-electron chi connectivity index (χ0n) is 10.3. The van der Waals surface area contributed by atoms with E-state index in [-0.39, 0.29) is 0 Å². The van der Waals surface area contributed by atoms with Gasteiger partial charge in [-0.1, -0.05) is 13.0 Å². The molecule has 0 unspecified atom stereocenters. The van der Waals surface area contributed by atoms with Gasteiger partial charge in [0.25, 0.3) is 0 Å². The standard InChI is InChI=1S/C13H21NOS/c1-4-16-9-5-8-14-12-7-6-10(2)13(15)11(12)3/h6-7,14-15H,4-5,8-9H2,1-3H3. The Morgan fingerprint density at radius 2 is 2.06 bits per heavy atom. The first-order chi connectivity index (χ1) is 7.66. The summed E-state index contributed by atoms with van der Waals surface area (Å²) in [5, 5.41) is 13.2. The van der Waals surface area contributed by atoms with E-state index in [1.54, 1.807) is 0 Å². The summed E-state index contributed by atoms with van der Waals surface area (Å²) in [6.07, 6.45) is 1.16. The molecule has 0 heterocycles. The average molecular weight is 239 g/mol. The highest BCUT2D eigenvalue weighted by molar-refractivity contribution is 7.99. The third kappa shape index (κ3) is 3.63. The molecule has 0 aliphatic carbocycles. The summed E-state index contributed by atoms with van der Waals surface area (Å²) < 4.78 is 0. The Bertz CT molecular complexity index is 339. The fourth-order valence-electron chi connectivity index (χ4n) is 1.57. The van der Waals surface area contributed by atoms with Crippen LogP contribution in [-0.2, 0) is 0 Å². The third-order valence-electron chi connectivity index (χ3n) is 2.62. The van der Waals surface area contributed by atoms with Crippen molar-refractivity contribution in [2.24, 2.45) is 0 Å². The second-order valence-electron chi connectivity index (χ2n) is 3.88. The molecule has 16 heavy (non-hydrogen) atoms. The number of thioether (sulfide) groups is 1. The molecule has 2 N–H and O–H groups in total. The van der Waals surface area contributed by atoms with Crippen LogP contribution < -0.4 is 5.32 Å². The average Bonchev–Trinajstić information content (AvgIpc) is 2.28. The van der Waals surface area contributed by atoms with Gasteiger partial charge in [0.2, 0.25) is 0 Å². The van der Waals surface area contributed by atoms with Crippen LogP contribution in [0.3, 0.4) is 0 Å². The van der Waals surface area contributed by atoms with Crippen LogP contribution in [0.4, 0.5) is 5.69 Å². The Labute approximate surface area is 102 Å². The van der Waals surface area contributed by atoms with Crippen molar-refractivity contribution in [3.63, 3.8) is 0 Å². The molecule has 0 bridgehead atoms. The van der Waals surface area contributed by atoms with Crippen molar-refractivity contribution in [3.8, 4) is 5.75 Å². The van der Waals surface area contributed by atoms with Crippen molar-refractivity contribution >= 4 is 17.4 Å². The zero-order valence-corrected chi connectivity index (χ0v) is 11.2. The smallest absolute Gasteiger partial charge is 0.123 e. The topological polar surface area (TPSA) is 32.3 Å². The molecule has 3 heteroatoms. The maximum atomic E-state index is 9.78. The van der Waals surface area contributed by atoms with Gasteiger partial charge < -0.3 is 10.4 Å². The largest absolute Gasteiger partial charge is 0.507 e. The lowest BCUT2D eigenvalue weighted by Crippen LogP contribution is -2.04. The first-order valence-corrected chi connectivity index (χ1v) is 6.93. The molecule has 2 nitrogen and oxygen atoms in total. The van der Waals surface area contributed by atoms with E-state index in [4.69, 9.17) is 0 Å². The second-order valence-corrected chi connectivity index (χ2v) is 5.27. The monoisotopic (exact) mass is 239 g/mol. The summed E-state index contributed by atoms with van der Waals surface area (Å²) in [5.74, 6) is 2.79. The van der Waals surface area contributed by atoms with Gasteiger partial charge in [0.15, 0.2) is 0 Å². The number of aryl methyl sites for hydroxylation is 1. The first-order valence-electron chi connectivity index (χ1n) is 5.77. The van der Waals surface area contributed by atoms with Crippen molar-refractivity contribution in [1.82, 2.24) is 0 Å². The summed E-state index contributed by atoms with van der Waals surface area (Å²) in [5.41, 5.74) is 2.93. The quantitative estimate of drug-likeness (QED) is 0.744. The van der Waals surface area contributed by atoms with E-state index in [0.29, 0.717) is 5.75 Å². The first kappa shape index (κ1) is 13.2. The van der Waals surface area contributed by atoms with Gasteiger partial charge in [-0.15, -0.1) is 0 Å². The van der Waals surface area contributed by atoms with Crippen LogP contribution in [0.1, 0.15) is 24.5 Å². The molecular formula is C13H21NOS. The highest BCUT2D eigenvalue weighted by Crippen LogP contribution is 2.27. The van der Waals surface area contributed by atoms with Crippen molar-refractivity contribution in [1.29, 1.82) is 0 Å². The van der Waals surface area contributed by atoms with Gasteiger partial charge >= 0.3 is 0 Å². The fraction of sp³-hybridized carbons (Fsp3) is 0.538. The maximum absolute atomic E-state index is 9.78. The van der Waals surface area contributed by atoms with E-state index in [1.165, 1.54) is 11.5 Å². The van der Waals surface area contributed by atoms with Gasteiger partial charge in [-0.2, -0.15) is 11.8 Å². The normalized spacial score (nSPS) is 10.4. The van der Waals surface area contributed by atoms with Gasteiger partial charge in [-0.25, -0.2) is 0 Å². The van der Waals surface area contributed by atoms with Gasteiger partial charge in [0.1, 0.15) is 5.75 Å². The lowest BCUT2D eigenvalue weighted by molar-refractivity contribution is 0.467. The van der Waals surface area contributed by atoms with Crippen LogP contribution in [0.15, 0.2) is 12.1 Å². The molecule has 0 radical (unpaired) electrons. The highest BCUT2D eigenvalue weighted by Gasteiger charge is 2.04. The molecule has 1 aromatic carbocycles. The minimum atomic E-state index is 0.410. The van der Waals surface area contributed by atoms with Gasteiger partial charge in [0, 0.05) is 17.8 Å². The van der Waals surface area contributed by atoms with E-state index in [0.717, 1.165) is 29.8 Å². The molecule has 0 saturated carbocycles. The Balaban J connectivity index is 2.45.